The van der Waals surface area contributed by atoms with E-state index in [0.717, 1.165) is 26.1 Å². The summed E-state index contributed by atoms with van der Waals surface area (Å²) >= 11 is 8.43. The minimum absolute atomic E-state index is 0.0644. The molecule has 11 nitrogen and oxygen atoms in total. The van der Waals surface area contributed by atoms with Gasteiger partial charge in [0.25, 0.3) is 6.01 Å². The highest BCUT2D eigenvalue weighted by molar-refractivity contribution is 14.1. The fraction of sp³-hybridized carbons (Fsp3) is 0.520. The zero-order chi connectivity index (χ0) is 27.6. The van der Waals surface area contributed by atoms with Crippen molar-refractivity contribution in [1.82, 2.24) is 15.0 Å². The van der Waals surface area contributed by atoms with E-state index in [1.807, 2.05) is 22.6 Å². The van der Waals surface area contributed by atoms with Gasteiger partial charge in [0.15, 0.2) is 21.4 Å². The second-order valence-electron chi connectivity index (χ2n) is 10.6. The molecule has 15 heteroatoms. The quantitative estimate of drug-likeness (QED) is 0.200. The van der Waals surface area contributed by atoms with Crippen molar-refractivity contribution < 1.29 is 32.5 Å². The average molecular weight is 690 g/mol. The molecule has 4 aliphatic rings. The summed E-state index contributed by atoms with van der Waals surface area (Å²) in [4.78, 5) is 22.9. The van der Waals surface area contributed by atoms with E-state index in [1.54, 1.807) is 6.07 Å². The van der Waals surface area contributed by atoms with E-state index < -0.39 is 33.5 Å². The molecule has 212 valence electrons. The fourth-order valence-electron chi connectivity index (χ4n) is 5.66. The van der Waals surface area contributed by atoms with Crippen LogP contribution in [0.25, 0.3) is 11.2 Å². The molecule has 4 atom stereocenters. The Balaban J connectivity index is 1.01. The zero-order valence-corrected chi connectivity index (χ0v) is 23.7. The minimum Gasteiger partial charge on any atom is -0.490 e. The van der Waals surface area contributed by atoms with Crippen molar-refractivity contribution in [3.05, 3.63) is 45.3 Å². The van der Waals surface area contributed by atoms with Crippen molar-refractivity contribution in [2.45, 2.75) is 47.3 Å². The lowest BCUT2D eigenvalue weighted by molar-refractivity contribution is -0.191. The Kier molecular flexibility index (Phi) is 6.53. The third-order valence-electron chi connectivity index (χ3n) is 7.87. The van der Waals surface area contributed by atoms with Crippen LogP contribution in [0.2, 0.25) is 5.02 Å². The van der Waals surface area contributed by atoms with Crippen molar-refractivity contribution in [3.8, 4) is 11.8 Å². The second-order valence-corrected chi connectivity index (χ2v) is 12.7. The predicted octanol–water partition coefficient (Wildman–Crippen LogP) is 4.50. The average Bonchev–Trinajstić information content (AvgIpc) is 3.50. The van der Waals surface area contributed by atoms with Crippen molar-refractivity contribution in [1.29, 1.82) is 0 Å². The third-order valence-corrected chi connectivity index (χ3v) is 9.80. The maximum atomic E-state index is 14.8. The molecule has 0 unspecified atom stereocenters. The van der Waals surface area contributed by atoms with Gasteiger partial charge in [-0.05, 0) is 41.5 Å². The Bertz CT molecular complexity index is 1460. The third kappa shape index (κ3) is 4.47. The predicted molar refractivity (Wildman–Crippen MR) is 146 cm³/mol. The number of nitrogens with zero attached hydrogens (tertiary/aromatic N) is 3. The topological polar surface area (TPSA) is 129 Å². The van der Waals surface area contributed by atoms with E-state index >= 15 is 0 Å². The first-order chi connectivity index (χ1) is 19.2. The van der Waals surface area contributed by atoms with E-state index in [9.17, 15) is 13.7 Å². The van der Waals surface area contributed by atoms with Gasteiger partial charge in [0.05, 0.1) is 37.0 Å². The number of nitrogens with one attached hydrogen (secondary N) is 2. The molecule has 4 fully saturated rings. The number of hydrogen-bond donors (Lipinski definition) is 2. The van der Waals surface area contributed by atoms with Crippen molar-refractivity contribution in [2.24, 2.45) is 10.6 Å². The Morgan fingerprint density at radius 1 is 1.18 bits per heavy atom. The Morgan fingerprint density at radius 2 is 1.95 bits per heavy atom. The summed E-state index contributed by atoms with van der Waals surface area (Å²) in [6.45, 7) is 1.59. The van der Waals surface area contributed by atoms with Crippen molar-refractivity contribution >= 4 is 51.2 Å². The summed E-state index contributed by atoms with van der Waals surface area (Å²) in [6, 6.07) is 3.49. The van der Waals surface area contributed by atoms with Gasteiger partial charge >= 0.3 is 0 Å². The van der Waals surface area contributed by atoms with Gasteiger partial charge in [-0.1, -0.05) is 16.8 Å². The molecule has 1 saturated carbocycles. The van der Waals surface area contributed by atoms with Crippen molar-refractivity contribution in [3.63, 3.8) is 0 Å². The molecule has 5 heterocycles. The molecule has 3 aliphatic heterocycles. The van der Waals surface area contributed by atoms with Crippen LogP contribution in [0.5, 0.6) is 11.8 Å². The molecular formula is C25H23ClF2IN5O6. The normalized spacial score (nSPS) is 28.8. The van der Waals surface area contributed by atoms with Crippen LogP contribution in [0.1, 0.15) is 18.4 Å². The van der Waals surface area contributed by atoms with Gasteiger partial charge in [0.1, 0.15) is 35.4 Å². The van der Waals surface area contributed by atoms with E-state index in [2.05, 4.69) is 25.4 Å². The summed E-state index contributed by atoms with van der Waals surface area (Å²) in [5.74, 6) is -1.11. The number of rotatable bonds is 8. The lowest BCUT2D eigenvalue weighted by Crippen LogP contribution is -2.56. The van der Waals surface area contributed by atoms with E-state index in [1.165, 1.54) is 12.1 Å². The second kappa shape index (κ2) is 9.86. The van der Waals surface area contributed by atoms with Crippen LogP contribution >= 0.6 is 34.2 Å². The summed E-state index contributed by atoms with van der Waals surface area (Å²) in [5.41, 5.74) is 0.794. The molecule has 3 saturated heterocycles. The molecule has 2 N–H and O–H groups in total. The number of fused-ring (bicyclic) bond motifs is 2. The molecule has 0 amide bonds. The SMILES string of the molecule is O=N[C@@H]1CO[C@@H]2[C@H](Oc3nc4nc(NCc5c(F)cc(OC6CC7(COC7)C6)cc5F)c(Cl)cc4[nH]3)CO[C@@]21I. The van der Waals surface area contributed by atoms with Crippen molar-refractivity contribution in [2.75, 3.05) is 31.7 Å². The molecule has 1 aromatic carbocycles. The minimum atomic E-state index is -0.894. The van der Waals surface area contributed by atoms with Gasteiger partial charge in [0.2, 0.25) is 0 Å². The number of halogens is 4. The first-order valence-corrected chi connectivity index (χ1v) is 14.2. The van der Waals surface area contributed by atoms with Crippen LogP contribution in [0.15, 0.2) is 23.4 Å². The van der Waals surface area contributed by atoms with Gasteiger partial charge in [-0.25, -0.2) is 13.8 Å². The maximum Gasteiger partial charge on any atom is 0.296 e. The number of hydrogen-bond acceptors (Lipinski definition) is 10. The number of pyridine rings is 1. The van der Waals surface area contributed by atoms with Crippen LogP contribution in [0.4, 0.5) is 14.6 Å². The van der Waals surface area contributed by atoms with E-state index in [4.69, 9.17) is 35.3 Å². The van der Waals surface area contributed by atoms with Crippen LogP contribution < -0.4 is 14.8 Å². The molecule has 0 radical (unpaired) electrons. The highest BCUT2D eigenvalue weighted by atomic mass is 127. The maximum absolute atomic E-state index is 14.8. The summed E-state index contributed by atoms with van der Waals surface area (Å²) in [5, 5.41) is 6.21. The van der Waals surface area contributed by atoms with E-state index in [0.29, 0.717) is 5.52 Å². The van der Waals surface area contributed by atoms with E-state index in [-0.39, 0.29) is 65.1 Å². The molecule has 0 bridgehead atoms. The number of nitroso groups, excluding NO2 is 1. The summed E-state index contributed by atoms with van der Waals surface area (Å²) in [6.07, 6.45) is 0.568. The van der Waals surface area contributed by atoms with Crippen LogP contribution in [0.3, 0.4) is 0 Å². The number of anilines is 1. The summed E-state index contributed by atoms with van der Waals surface area (Å²) in [7, 11) is 0. The highest BCUT2D eigenvalue weighted by Gasteiger charge is 2.61. The first-order valence-electron chi connectivity index (χ1n) is 12.7. The lowest BCUT2D eigenvalue weighted by atomic mass is 9.65. The number of ether oxygens (including phenoxy) is 5. The monoisotopic (exact) mass is 689 g/mol. The van der Waals surface area contributed by atoms with Crippen LogP contribution in [0, 0.1) is 22.0 Å². The first kappa shape index (κ1) is 26.5. The Hall–Kier alpha value is -2.40. The van der Waals surface area contributed by atoms with Crippen LogP contribution in [-0.2, 0) is 20.8 Å². The van der Waals surface area contributed by atoms with Gasteiger partial charge in [0, 0.05) is 29.7 Å². The summed E-state index contributed by atoms with van der Waals surface area (Å²) < 4.78 is 57.2. The number of H-pyrrole nitrogens is 1. The van der Waals surface area contributed by atoms with Gasteiger partial charge in [-0.15, -0.1) is 0 Å². The smallest absolute Gasteiger partial charge is 0.296 e. The zero-order valence-electron chi connectivity index (χ0n) is 20.8. The molecule has 1 aliphatic carbocycles. The fourth-order valence-corrected chi connectivity index (χ4v) is 6.93. The lowest BCUT2D eigenvalue weighted by Gasteiger charge is -2.52. The van der Waals surface area contributed by atoms with Gasteiger partial charge < -0.3 is 34.0 Å². The molecule has 40 heavy (non-hydrogen) atoms. The molecular weight excluding hydrogens is 667 g/mol. The largest absolute Gasteiger partial charge is 0.490 e. The number of aromatic amines is 1. The number of aromatic nitrogens is 3. The van der Waals surface area contributed by atoms with Gasteiger partial charge in [-0.2, -0.15) is 9.89 Å². The van der Waals surface area contributed by atoms with Gasteiger partial charge in [-0.3, -0.25) is 0 Å². The molecule has 1 spiro atoms. The number of imidazole rings is 1. The standard InChI is InChI=1S/C25H23ClF2IN5O6/c26-14-3-17-22(33-23(31-17)40-18-7-38-25(29)19(34-35)8-37-20(18)25)32-21(14)30-6-13-15(27)1-11(2-16(13)28)39-12-4-24(5-12)9-36-10-24/h1-3,12,18-20H,4-10H2,(H2,30,31,32,33)/t18-,19-,20-,25-/m1/s1. The number of alkyl halides is 1. The molecule has 7 rings (SSSR count). The Labute approximate surface area is 244 Å². The van der Waals surface area contributed by atoms with Crippen LogP contribution in [-0.4, -0.2) is 69.3 Å². The number of benzene rings is 1. The highest BCUT2D eigenvalue weighted by Crippen LogP contribution is 2.48. The Morgan fingerprint density at radius 3 is 2.65 bits per heavy atom. The molecule has 2 aromatic heterocycles. The molecule has 3 aromatic rings.